The number of benzene rings is 1. The molecule has 0 aliphatic carbocycles. The van der Waals surface area contributed by atoms with E-state index >= 15 is 0 Å². The molecule has 2 rings (SSSR count). The number of aryl methyl sites for hydroxylation is 1. The molecule has 4 heteroatoms. The Morgan fingerprint density at radius 3 is 2.39 bits per heavy atom. The van der Waals surface area contributed by atoms with Crippen LogP contribution in [0.25, 0.3) is 0 Å². The number of thiophene rings is 1. The van der Waals surface area contributed by atoms with Gasteiger partial charge in [-0.2, -0.15) is 0 Å². The number of nitrogens with two attached hydrogens (primary N) is 1. The Morgan fingerprint density at radius 2 is 1.89 bits per heavy atom. The Morgan fingerprint density at radius 1 is 1.22 bits per heavy atom. The van der Waals surface area contributed by atoms with E-state index in [9.17, 15) is 5.11 Å². The number of aliphatic hydroxyl groups is 1. The fourth-order valence-corrected chi connectivity index (χ4v) is 3.42. The van der Waals surface area contributed by atoms with Crippen LogP contribution in [0.15, 0.2) is 40.2 Å². The fourth-order valence-electron chi connectivity index (χ4n) is 1.95. The summed E-state index contributed by atoms with van der Waals surface area (Å²) < 4.78 is 1.02. The first-order valence-electron chi connectivity index (χ1n) is 5.81. The minimum absolute atomic E-state index is 0.0591. The maximum absolute atomic E-state index is 10.4. The van der Waals surface area contributed by atoms with Crippen molar-refractivity contribution < 1.29 is 5.11 Å². The fraction of sp³-hybridized carbons (Fsp3) is 0.286. The van der Waals surface area contributed by atoms with Crippen molar-refractivity contribution in [2.75, 3.05) is 6.54 Å². The Labute approximate surface area is 120 Å². The van der Waals surface area contributed by atoms with Crippen LogP contribution in [-0.4, -0.2) is 11.7 Å². The summed E-state index contributed by atoms with van der Waals surface area (Å²) in [4.78, 5) is 0.943. The predicted molar refractivity (Wildman–Crippen MR) is 80.0 cm³/mol. The van der Waals surface area contributed by atoms with Gasteiger partial charge in [0, 0.05) is 17.3 Å². The van der Waals surface area contributed by atoms with Crippen molar-refractivity contribution >= 4 is 27.3 Å². The van der Waals surface area contributed by atoms with Gasteiger partial charge in [0.1, 0.15) is 0 Å². The summed E-state index contributed by atoms with van der Waals surface area (Å²) in [6, 6.07) is 12.1. The van der Waals surface area contributed by atoms with Crippen molar-refractivity contribution in [1.29, 1.82) is 0 Å². The summed E-state index contributed by atoms with van der Waals surface area (Å²) in [7, 11) is 0. The lowest BCUT2D eigenvalue weighted by molar-refractivity contribution is 0.151. The minimum atomic E-state index is -0.547. The molecule has 0 radical (unpaired) electrons. The maximum atomic E-state index is 10.4. The molecule has 0 aliphatic rings. The number of aliphatic hydroxyl groups excluding tert-OH is 1. The highest BCUT2D eigenvalue weighted by atomic mass is 79.9. The smallest absolute Gasteiger partial charge is 0.0962 e. The zero-order valence-corrected chi connectivity index (χ0v) is 12.5. The molecule has 2 nitrogen and oxygen atoms in total. The van der Waals surface area contributed by atoms with Gasteiger partial charge in [-0.05, 0) is 40.5 Å². The first kappa shape index (κ1) is 13.7. The third-order valence-electron chi connectivity index (χ3n) is 3.03. The van der Waals surface area contributed by atoms with Crippen LogP contribution in [0, 0.1) is 6.92 Å². The molecule has 1 aromatic carbocycles. The van der Waals surface area contributed by atoms with E-state index in [1.54, 1.807) is 11.3 Å². The molecule has 0 amide bonds. The second-order valence-electron chi connectivity index (χ2n) is 4.34. The van der Waals surface area contributed by atoms with E-state index in [0.29, 0.717) is 6.54 Å². The largest absolute Gasteiger partial charge is 0.387 e. The molecule has 0 aliphatic heterocycles. The van der Waals surface area contributed by atoms with Crippen LogP contribution >= 0.6 is 27.3 Å². The number of halogens is 1. The van der Waals surface area contributed by atoms with Crippen molar-refractivity contribution in [3.63, 3.8) is 0 Å². The number of hydrogen-bond acceptors (Lipinski definition) is 3. The Bertz CT molecular complexity index is 509. The van der Waals surface area contributed by atoms with Gasteiger partial charge in [0.25, 0.3) is 0 Å². The van der Waals surface area contributed by atoms with Gasteiger partial charge in [-0.1, -0.05) is 29.8 Å². The standard InChI is InChI=1S/C14H16BrNOS/c1-9-2-4-10(5-3-9)11(8-16)14(17)12-6-7-13(15)18-12/h2-7,11,14,17H,8,16H2,1H3. The SMILES string of the molecule is Cc1ccc(C(CN)C(O)c2ccc(Br)s2)cc1. The second-order valence-corrected chi connectivity index (χ2v) is 6.83. The molecule has 0 saturated heterocycles. The summed E-state index contributed by atoms with van der Waals surface area (Å²) in [5, 5.41) is 10.4. The van der Waals surface area contributed by atoms with E-state index in [2.05, 4.69) is 28.1 Å². The number of hydrogen-bond donors (Lipinski definition) is 2. The van der Waals surface area contributed by atoms with Crippen molar-refractivity contribution in [3.8, 4) is 0 Å². The van der Waals surface area contributed by atoms with Crippen LogP contribution in [0.5, 0.6) is 0 Å². The first-order valence-corrected chi connectivity index (χ1v) is 7.42. The van der Waals surface area contributed by atoms with Crippen molar-refractivity contribution in [2.24, 2.45) is 5.73 Å². The molecule has 0 fully saturated rings. The zero-order valence-electron chi connectivity index (χ0n) is 10.1. The van der Waals surface area contributed by atoms with Crippen LogP contribution < -0.4 is 5.73 Å². The molecule has 2 unspecified atom stereocenters. The monoisotopic (exact) mass is 325 g/mol. The quantitative estimate of drug-likeness (QED) is 0.902. The van der Waals surface area contributed by atoms with Crippen LogP contribution in [0.4, 0.5) is 0 Å². The Hall–Kier alpha value is -0.680. The Kier molecular flexibility index (Phi) is 4.56. The molecule has 18 heavy (non-hydrogen) atoms. The minimum Gasteiger partial charge on any atom is -0.387 e. The van der Waals surface area contributed by atoms with Gasteiger partial charge < -0.3 is 10.8 Å². The molecule has 1 heterocycles. The summed E-state index contributed by atoms with van der Waals surface area (Å²) in [6.45, 7) is 2.48. The van der Waals surface area contributed by atoms with Gasteiger partial charge in [0.2, 0.25) is 0 Å². The third kappa shape index (κ3) is 3.01. The van der Waals surface area contributed by atoms with Gasteiger partial charge in [-0.25, -0.2) is 0 Å². The molecule has 3 N–H and O–H groups in total. The van der Waals surface area contributed by atoms with Gasteiger partial charge in [-0.15, -0.1) is 11.3 Å². The second kappa shape index (κ2) is 5.97. The summed E-state index contributed by atoms with van der Waals surface area (Å²) in [6.07, 6.45) is -0.547. The normalized spacial score (nSPS) is 14.4. The van der Waals surface area contributed by atoms with Crippen molar-refractivity contribution in [1.82, 2.24) is 0 Å². The van der Waals surface area contributed by atoms with Crippen LogP contribution in [-0.2, 0) is 0 Å². The lowest BCUT2D eigenvalue weighted by Gasteiger charge is -2.21. The lowest BCUT2D eigenvalue weighted by Crippen LogP contribution is -2.19. The zero-order chi connectivity index (χ0) is 13.1. The van der Waals surface area contributed by atoms with E-state index < -0.39 is 6.10 Å². The summed E-state index contributed by atoms with van der Waals surface area (Å²) >= 11 is 4.96. The van der Waals surface area contributed by atoms with E-state index in [4.69, 9.17) is 5.73 Å². The molecule has 0 spiro atoms. The van der Waals surface area contributed by atoms with E-state index in [1.807, 2.05) is 31.2 Å². The Balaban J connectivity index is 2.25. The van der Waals surface area contributed by atoms with Gasteiger partial charge in [-0.3, -0.25) is 0 Å². The average Bonchev–Trinajstić information content (AvgIpc) is 2.79. The number of rotatable bonds is 4. The van der Waals surface area contributed by atoms with E-state index in [1.165, 1.54) is 5.56 Å². The van der Waals surface area contributed by atoms with Gasteiger partial charge in [0.05, 0.1) is 9.89 Å². The molecule has 2 atom stereocenters. The highest BCUT2D eigenvalue weighted by Crippen LogP contribution is 2.35. The van der Waals surface area contributed by atoms with Crippen LogP contribution in [0.3, 0.4) is 0 Å². The average molecular weight is 326 g/mol. The molecule has 0 saturated carbocycles. The summed E-state index contributed by atoms with van der Waals surface area (Å²) in [5.74, 6) is -0.0591. The highest BCUT2D eigenvalue weighted by molar-refractivity contribution is 9.11. The van der Waals surface area contributed by atoms with E-state index in [-0.39, 0.29) is 5.92 Å². The van der Waals surface area contributed by atoms with Crippen molar-refractivity contribution in [2.45, 2.75) is 18.9 Å². The first-order chi connectivity index (χ1) is 8.61. The van der Waals surface area contributed by atoms with Gasteiger partial charge >= 0.3 is 0 Å². The van der Waals surface area contributed by atoms with Gasteiger partial charge in [0.15, 0.2) is 0 Å². The van der Waals surface area contributed by atoms with Crippen LogP contribution in [0.1, 0.15) is 28.0 Å². The molecule has 1 aromatic heterocycles. The summed E-state index contributed by atoms with van der Waals surface area (Å²) in [5.41, 5.74) is 8.12. The predicted octanol–water partition coefficient (Wildman–Crippen LogP) is 3.59. The molecule has 96 valence electrons. The van der Waals surface area contributed by atoms with E-state index in [0.717, 1.165) is 14.2 Å². The molecular formula is C14H16BrNOS. The maximum Gasteiger partial charge on any atom is 0.0962 e. The molecule has 2 aromatic rings. The van der Waals surface area contributed by atoms with Crippen molar-refractivity contribution in [3.05, 3.63) is 56.2 Å². The topological polar surface area (TPSA) is 46.2 Å². The van der Waals surface area contributed by atoms with Crippen LogP contribution in [0.2, 0.25) is 0 Å². The molecular weight excluding hydrogens is 310 g/mol. The highest BCUT2D eigenvalue weighted by Gasteiger charge is 2.22. The third-order valence-corrected chi connectivity index (χ3v) is 4.72. The lowest BCUT2D eigenvalue weighted by atomic mass is 9.92. The molecule has 0 bridgehead atoms.